The van der Waals surface area contributed by atoms with Crippen LogP contribution in [0, 0.1) is 6.92 Å². The predicted octanol–water partition coefficient (Wildman–Crippen LogP) is 2.55. The zero-order chi connectivity index (χ0) is 14.8. The summed E-state index contributed by atoms with van der Waals surface area (Å²) in [5, 5.41) is 0.525. The summed E-state index contributed by atoms with van der Waals surface area (Å²) < 4.78 is 26.6. The van der Waals surface area contributed by atoms with Gasteiger partial charge >= 0.3 is 0 Å². The highest BCUT2D eigenvalue weighted by atomic mass is 35.5. The van der Waals surface area contributed by atoms with E-state index in [0.29, 0.717) is 11.4 Å². The quantitative estimate of drug-likeness (QED) is 0.882. The maximum Gasteiger partial charge on any atom is 0.240 e. The van der Waals surface area contributed by atoms with E-state index in [1.54, 1.807) is 6.20 Å². The number of imidazole rings is 1. The summed E-state index contributed by atoms with van der Waals surface area (Å²) in [5.41, 5.74) is 0.874. The number of halogens is 2. The highest BCUT2D eigenvalue weighted by molar-refractivity contribution is 7.89. The van der Waals surface area contributed by atoms with Crippen molar-refractivity contribution in [2.45, 2.75) is 18.2 Å². The van der Waals surface area contributed by atoms with Crippen LogP contribution < -0.4 is 4.72 Å². The molecule has 0 atom stereocenters. The Morgan fingerprint density at radius 3 is 2.65 bits per heavy atom. The Labute approximate surface area is 127 Å². The van der Waals surface area contributed by atoms with E-state index >= 15 is 0 Å². The molecule has 20 heavy (non-hydrogen) atoms. The Morgan fingerprint density at radius 1 is 1.30 bits per heavy atom. The van der Waals surface area contributed by atoms with Gasteiger partial charge in [-0.3, -0.25) is 0 Å². The Bertz CT molecular complexity index is 713. The summed E-state index contributed by atoms with van der Waals surface area (Å²) in [6.45, 7) is 2.10. The summed E-state index contributed by atoms with van der Waals surface area (Å²) in [6.07, 6.45) is 2.21. The molecular formula is C12H13Cl2N3O2S. The van der Waals surface area contributed by atoms with Crippen LogP contribution in [0.2, 0.25) is 10.0 Å². The van der Waals surface area contributed by atoms with Crippen LogP contribution in [0.25, 0.3) is 0 Å². The first kappa shape index (κ1) is 15.3. The fourth-order valence-electron chi connectivity index (χ4n) is 1.65. The number of aromatic nitrogens is 2. The molecule has 0 radical (unpaired) electrons. The van der Waals surface area contributed by atoms with Gasteiger partial charge in [0, 0.05) is 24.9 Å². The topological polar surface area (TPSA) is 74.8 Å². The number of hydrogen-bond donors (Lipinski definition) is 2. The minimum absolute atomic E-state index is 0.0905. The van der Waals surface area contributed by atoms with Gasteiger partial charge in [0.1, 0.15) is 5.82 Å². The normalized spacial score (nSPS) is 11.8. The van der Waals surface area contributed by atoms with E-state index in [1.165, 1.54) is 18.2 Å². The molecule has 1 aromatic carbocycles. The molecular weight excluding hydrogens is 321 g/mol. The summed E-state index contributed by atoms with van der Waals surface area (Å²) in [7, 11) is -3.59. The SMILES string of the molecule is Cc1ncc(CCNS(=O)(=O)c2ccc(Cl)c(Cl)c2)[nH]1. The molecule has 0 bridgehead atoms. The minimum atomic E-state index is -3.59. The van der Waals surface area contributed by atoms with E-state index in [2.05, 4.69) is 14.7 Å². The number of rotatable bonds is 5. The van der Waals surface area contributed by atoms with Crippen LogP contribution >= 0.6 is 23.2 Å². The van der Waals surface area contributed by atoms with Gasteiger partial charge in [0.2, 0.25) is 10.0 Å². The number of H-pyrrole nitrogens is 1. The van der Waals surface area contributed by atoms with Gasteiger partial charge in [-0.05, 0) is 25.1 Å². The highest BCUT2D eigenvalue weighted by Gasteiger charge is 2.15. The smallest absolute Gasteiger partial charge is 0.240 e. The fraction of sp³-hybridized carbons (Fsp3) is 0.250. The first-order chi connectivity index (χ1) is 9.38. The third-order valence-electron chi connectivity index (χ3n) is 2.64. The zero-order valence-corrected chi connectivity index (χ0v) is 13.0. The highest BCUT2D eigenvalue weighted by Crippen LogP contribution is 2.24. The summed E-state index contributed by atoms with van der Waals surface area (Å²) in [6, 6.07) is 4.19. The first-order valence-corrected chi connectivity index (χ1v) is 8.07. The lowest BCUT2D eigenvalue weighted by molar-refractivity contribution is 0.581. The number of hydrogen-bond acceptors (Lipinski definition) is 3. The Kier molecular flexibility index (Phi) is 4.70. The van der Waals surface area contributed by atoms with E-state index in [-0.39, 0.29) is 16.5 Å². The van der Waals surface area contributed by atoms with Crippen LogP contribution in [0.5, 0.6) is 0 Å². The largest absolute Gasteiger partial charge is 0.346 e. The molecule has 2 N–H and O–H groups in total. The maximum atomic E-state index is 12.1. The molecule has 0 saturated carbocycles. The van der Waals surface area contributed by atoms with Gasteiger partial charge in [-0.25, -0.2) is 18.1 Å². The molecule has 0 aliphatic carbocycles. The lowest BCUT2D eigenvalue weighted by Crippen LogP contribution is -2.26. The molecule has 2 rings (SSSR count). The summed E-state index contributed by atoms with van der Waals surface area (Å²) >= 11 is 11.6. The van der Waals surface area contributed by atoms with Gasteiger partial charge < -0.3 is 4.98 Å². The summed E-state index contributed by atoms with van der Waals surface area (Å²) in [5.74, 6) is 0.798. The maximum absolute atomic E-state index is 12.1. The molecule has 0 aliphatic rings. The molecule has 0 amide bonds. The molecule has 1 heterocycles. The second-order valence-electron chi connectivity index (χ2n) is 4.22. The lowest BCUT2D eigenvalue weighted by atomic mass is 10.3. The first-order valence-electron chi connectivity index (χ1n) is 5.84. The molecule has 0 fully saturated rings. The molecule has 5 nitrogen and oxygen atoms in total. The molecule has 1 aromatic heterocycles. The summed E-state index contributed by atoms with van der Waals surface area (Å²) in [4.78, 5) is 7.17. The molecule has 0 saturated heterocycles. The van der Waals surface area contributed by atoms with Crippen LogP contribution in [0.3, 0.4) is 0 Å². The monoisotopic (exact) mass is 333 g/mol. The molecule has 108 valence electrons. The van der Waals surface area contributed by atoms with Crippen LogP contribution in [0.15, 0.2) is 29.3 Å². The molecule has 2 aromatic rings. The van der Waals surface area contributed by atoms with Gasteiger partial charge in [0.15, 0.2) is 0 Å². The van der Waals surface area contributed by atoms with Crippen molar-refractivity contribution < 1.29 is 8.42 Å². The Morgan fingerprint density at radius 2 is 2.05 bits per heavy atom. The second kappa shape index (κ2) is 6.13. The molecule has 0 unspecified atom stereocenters. The van der Waals surface area contributed by atoms with E-state index in [4.69, 9.17) is 23.2 Å². The lowest BCUT2D eigenvalue weighted by Gasteiger charge is -2.07. The number of nitrogens with zero attached hydrogens (tertiary/aromatic N) is 1. The van der Waals surface area contributed by atoms with Gasteiger partial charge in [0.25, 0.3) is 0 Å². The van der Waals surface area contributed by atoms with Crippen molar-refractivity contribution in [2.24, 2.45) is 0 Å². The third kappa shape index (κ3) is 3.73. The van der Waals surface area contributed by atoms with Gasteiger partial charge in [-0.2, -0.15) is 0 Å². The van der Waals surface area contributed by atoms with Crippen LogP contribution in [0.4, 0.5) is 0 Å². The Balaban J connectivity index is 2.02. The van der Waals surface area contributed by atoms with E-state index in [0.717, 1.165) is 11.5 Å². The zero-order valence-electron chi connectivity index (χ0n) is 10.7. The Hall–Kier alpha value is -1.08. The van der Waals surface area contributed by atoms with Crippen molar-refractivity contribution in [2.75, 3.05) is 6.54 Å². The number of sulfonamides is 1. The van der Waals surface area contributed by atoms with Crippen molar-refractivity contribution in [3.63, 3.8) is 0 Å². The number of nitrogens with one attached hydrogen (secondary N) is 2. The number of benzene rings is 1. The van der Waals surface area contributed by atoms with Gasteiger partial charge in [-0.1, -0.05) is 23.2 Å². The molecule has 8 heteroatoms. The predicted molar refractivity (Wildman–Crippen MR) is 78.7 cm³/mol. The van der Waals surface area contributed by atoms with Crippen molar-refractivity contribution in [1.29, 1.82) is 0 Å². The minimum Gasteiger partial charge on any atom is -0.346 e. The van der Waals surface area contributed by atoms with E-state index in [9.17, 15) is 8.42 Å². The van der Waals surface area contributed by atoms with Crippen molar-refractivity contribution >= 4 is 33.2 Å². The van der Waals surface area contributed by atoms with Crippen molar-refractivity contribution in [1.82, 2.24) is 14.7 Å². The third-order valence-corrected chi connectivity index (χ3v) is 4.84. The van der Waals surface area contributed by atoms with Gasteiger partial charge in [0.05, 0.1) is 14.9 Å². The van der Waals surface area contributed by atoms with Crippen molar-refractivity contribution in [3.05, 3.63) is 46.0 Å². The molecule has 0 spiro atoms. The average molecular weight is 334 g/mol. The number of aryl methyl sites for hydroxylation is 1. The number of aromatic amines is 1. The van der Waals surface area contributed by atoms with Crippen molar-refractivity contribution in [3.8, 4) is 0 Å². The fourth-order valence-corrected chi connectivity index (χ4v) is 3.07. The van der Waals surface area contributed by atoms with E-state index < -0.39 is 10.0 Å². The van der Waals surface area contributed by atoms with Crippen LogP contribution in [-0.2, 0) is 16.4 Å². The van der Waals surface area contributed by atoms with Crippen LogP contribution in [0.1, 0.15) is 11.5 Å². The standard InChI is InChI=1S/C12H13Cl2N3O2S/c1-8-15-7-9(17-8)4-5-16-20(18,19)10-2-3-11(13)12(14)6-10/h2-3,6-7,16H,4-5H2,1H3,(H,15,17). The molecule has 0 aliphatic heterocycles. The van der Waals surface area contributed by atoms with Gasteiger partial charge in [-0.15, -0.1) is 0 Å². The van der Waals surface area contributed by atoms with Crippen LogP contribution in [-0.4, -0.2) is 24.9 Å². The van der Waals surface area contributed by atoms with E-state index in [1.807, 2.05) is 6.92 Å². The average Bonchev–Trinajstić information content (AvgIpc) is 2.78. The second-order valence-corrected chi connectivity index (χ2v) is 6.80.